The van der Waals surface area contributed by atoms with Gasteiger partial charge in [0.15, 0.2) is 0 Å². The number of carbonyl (C=O) groups excluding carboxylic acids is 2. The normalized spacial score (nSPS) is 38.5. The Balaban J connectivity index is 1.84. The zero-order valence-electron chi connectivity index (χ0n) is 12.5. The van der Waals surface area contributed by atoms with Crippen molar-refractivity contribution in [2.24, 2.45) is 11.8 Å². The van der Waals surface area contributed by atoms with Crippen LogP contribution in [0, 0.1) is 11.8 Å². The van der Waals surface area contributed by atoms with Crippen LogP contribution in [0.15, 0.2) is 0 Å². The molecule has 2 aliphatic heterocycles. The number of rotatable bonds is 3. The van der Waals surface area contributed by atoms with Gasteiger partial charge in [-0.1, -0.05) is 13.8 Å². The maximum absolute atomic E-state index is 12.8. The lowest BCUT2D eigenvalue weighted by Crippen LogP contribution is -2.67. The zero-order chi connectivity index (χ0) is 14.4. The maximum Gasteiger partial charge on any atom is 0.246 e. The summed E-state index contributed by atoms with van der Waals surface area (Å²) in [7, 11) is 0. The van der Waals surface area contributed by atoms with Crippen molar-refractivity contribution in [1.82, 2.24) is 10.2 Å². The number of carbonyl (C=O) groups is 2. The van der Waals surface area contributed by atoms with Gasteiger partial charge in [-0.05, 0) is 38.0 Å². The van der Waals surface area contributed by atoms with Crippen LogP contribution in [0.2, 0.25) is 0 Å². The highest BCUT2D eigenvalue weighted by Gasteiger charge is 2.50. The van der Waals surface area contributed by atoms with E-state index >= 15 is 0 Å². The highest BCUT2D eigenvalue weighted by Crippen LogP contribution is 2.41. The van der Waals surface area contributed by atoms with Crippen molar-refractivity contribution >= 4 is 11.8 Å². The topological polar surface area (TPSA) is 58.6 Å². The second-order valence-electron chi connectivity index (χ2n) is 6.68. The average molecular weight is 280 g/mol. The third kappa shape index (κ3) is 2.22. The van der Waals surface area contributed by atoms with E-state index in [1.807, 2.05) is 25.7 Å². The van der Waals surface area contributed by atoms with Crippen molar-refractivity contribution in [2.75, 3.05) is 6.61 Å². The summed E-state index contributed by atoms with van der Waals surface area (Å²) in [6.45, 7) is 6.48. The Kier molecular flexibility index (Phi) is 3.48. The van der Waals surface area contributed by atoms with E-state index in [4.69, 9.17) is 4.74 Å². The lowest BCUT2D eigenvalue weighted by atomic mass is 9.94. The Morgan fingerprint density at radius 3 is 2.55 bits per heavy atom. The first-order chi connectivity index (χ1) is 9.50. The lowest BCUT2D eigenvalue weighted by Gasteiger charge is -2.43. The molecule has 3 fully saturated rings. The van der Waals surface area contributed by atoms with Crippen molar-refractivity contribution in [3.63, 3.8) is 0 Å². The predicted molar refractivity (Wildman–Crippen MR) is 73.9 cm³/mol. The van der Waals surface area contributed by atoms with Gasteiger partial charge >= 0.3 is 0 Å². The van der Waals surface area contributed by atoms with Crippen molar-refractivity contribution in [1.29, 1.82) is 0 Å². The molecule has 3 aliphatic rings. The van der Waals surface area contributed by atoms with Crippen molar-refractivity contribution < 1.29 is 14.3 Å². The van der Waals surface area contributed by atoms with E-state index in [-0.39, 0.29) is 42.0 Å². The summed E-state index contributed by atoms with van der Waals surface area (Å²) in [5.74, 6) is 0.728. The van der Waals surface area contributed by atoms with Crippen LogP contribution < -0.4 is 5.32 Å². The monoisotopic (exact) mass is 280 g/mol. The van der Waals surface area contributed by atoms with Crippen LogP contribution in [0.3, 0.4) is 0 Å². The molecule has 1 saturated carbocycles. The Bertz CT molecular complexity index is 419. The molecule has 5 heteroatoms. The molecule has 0 aromatic heterocycles. The predicted octanol–water partition coefficient (Wildman–Crippen LogP) is 0.925. The highest BCUT2D eigenvalue weighted by atomic mass is 16.5. The number of nitrogens with one attached hydrogen (secondary N) is 1. The third-order valence-electron chi connectivity index (χ3n) is 4.83. The second kappa shape index (κ2) is 5.02. The number of amides is 2. The summed E-state index contributed by atoms with van der Waals surface area (Å²) in [5.41, 5.74) is 0. The van der Waals surface area contributed by atoms with Crippen LogP contribution in [0.4, 0.5) is 0 Å². The van der Waals surface area contributed by atoms with Gasteiger partial charge < -0.3 is 15.0 Å². The van der Waals surface area contributed by atoms with Gasteiger partial charge in [0.1, 0.15) is 12.1 Å². The Hall–Kier alpha value is -1.10. The highest BCUT2D eigenvalue weighted by molar-refractivity contribution is 5.97. The number of hydrogen-bond donors (Lipinski definition) is 1. The molecule has 2 amide bonds. The van der Waals surface area contributed by atoms with E-state index in [1.54, 1.807) is 0 Å². The molecule has 0 radical (unpaired) electrons. The fraction of sp³-hybridized carbons (Fsp3) is 0.867. The Morgan fingerprint density at radius 1 is 1.25 bits per heavy atom. The standard InChI is InChI=1S/C15H24N2O3/c1-8(2)12-15(19)17(9(3)14(18)16-12)11-6-7-20-13(11)10-4-5-10/h8-13H,4-7H2,1-3H3,(H,16,18). The second-order valence-corrected chi connectivity index (χ2v) is 6.68. The zero-order valence-corrected chi connectivity index (χ0v) is 12.5. The molecule has 20 heavy (non-hydrogen) atoms. The molecule has 1 N–H and O–H groups in total. The van der Waals surface area contributed by atoms with Crippen LogP contribution in [-0.2, 0) is 14.3 Å². The quantitative estimate of drug-likeness (QED) is 0.836. The van der Waals surface area contributed by atoms with Gasteiger partial charge in [0, 0.05) is 6.61 Å². The van der Waals surface area contributed by atoms with E-state index in [9.17, 15) is 9.59 Å². The Morgan fingerprint density at radius 2 is 1.95 bits per heavy atom. The fourth-order valence-electron chi connectivity index (χ4n) is 3.49. The SMILES string of the molecule is CC(C)C1NC(=O)C(C)N(C2CCOC2C2CC2)C1=O. The van der Waals surface area contributed by atoms with Gasteiger partial charge in [0.25, 0.3) is 0 Å². The van der Waals surface area contributed by atoms with E-state index < -0.39 is 0 Å². The molecule has 4 atom stereocenters. The molecule has 2 saturated heterocycles. The molecule has 0 bridgehead atoms. The molecule has 3 rings (SSSR count). The van der Waals surface area contributed by atoms with Gasteiger partial charge in [0.05, 0.1) is 12.1 Å². The van der Waals surface area contributed by atoms with Gasteiger partial charge in [0.2, 0.25) is 11.8 Å². The average Bonchev–Trinajstić information content (AvgIpc) is 3.13. The summed E-state index contributed by atoms with van der Waals surface area (Å²) in [4.78, 5) is 26.7. The van der Waals surface area contributed by atoms with Crippen LogP contribution in [0.25, 0.3) is 0 Å². The molecular formula is C15H24N2O3. The molecular weight excluding hydrogens is 256 g/mol. The van der Waals surface area contributed by atoms with Crippen molar-refractivity contribution in [3.05, 3.63) is 0 Å². The summed E-state index contributed by atoms with van der Waals surface area (Å²) >= 11 is 0. The Labute approximate surface area is 120 Å². The van der Waals surface area contributed by atoms with Crippen molar-refractivity contribution in [3.8, 4) is 0 Å². The molecule has 4 unspecified atom stereocenters. The molecule has 0 aromatic rings. The molecule has 1 aliphatic carbocycles. The minimum Gasteiger partial charge on any atom is -0.376 e. The largest absolute Gasteiger partial charge is 0.376 e. The van der Waals surface area contributed by atoms with E-state index in [0.29, 0.717) is 12.5 Å². The van der Waals surface area contributed by atoms with Crippen molar-refractivity contribution in [2.45, 2.75) is 64.3 Å². The first-order valence-electron chi connectivity index (χ1n) is 7.75. The third-order valence-corrected chi connectivity index (χ3v) is 4.83. The summed E-state index contributed by atoms with van der Waals surface area (Å²) in [5, 5.41) is 2.86. The number of piperazine rings is 1. The van der Waals surface area contributed by atoms with Gasteiger partial charge in [-0.25, -0.2) is 0 Å². The molecule has 0 aromatic carbocycles. The molecule has 2 heterocycles. The van der Waals surface area contributed by atoms with E-state index in [0.717, 1.165) is 6.42 Å². The van der Waals surface area contributed by atoms with Crippen LogP contribution in [0.5, 0.6) is 0 Å². The van der Waals surface area contributed by atoms with Gasteiger partial charge in [-0.3, -0.25) is 9.59 Å². The summed E-state index contributed by atoms with van der Waals surface area (Å²) < 4.78 is 5.84. The van der Waals surface area contributed by atoms with E-state index in [1.165, 1.54) is 12.8 Å². The number of hydrogen-bond acceptors (Lipinski definition) is 3. The lowest BCUT2D eigenvalue weighted by molar-refractivity contribution is -0.154. The van der Waals surface area contributed by atoms with E-state index in [2.05, 4.69) is 5.32 Å². The minimum atomic E-state index is -0.390. The van der Waals surface area contributed by atoms with Crippen LogP contribution >= 0.6 is 0 Å². The number of nitrogens with zero attached hydrogens (tertiary/aromatic N) is 1. The van der Waals surface area contributed by atoms with Crippen LogP contribution in [-0.4, -0.2) is 47.6 Å². The summed E-state index contributed by atoms with van der Waals surface area (Å²) in [6.07, 6.45) is 3.38. The van der Waals surface area contributed by atoms with Crippen LogP contribution in [0.1, 0.15) is 40.0 Å². The summed E-state index contributed by atoms with van der Waals surface area (Å²) in [6, 6.07) is -0.693. The molecule has 112 valence electrons. The van der Waals surface area contributed by atoms with Gasteiger partial charge in [-0.2, -0.15) is 0 Å². The first-order valence-corrected chi connectivity index (χ1v) is 7.75. The van der Waals surface area contributed by atoms with Gasteiger partial charge in [-0.15, -0.1) is 0 Å². The minimum absolute atomic E-state index is 0.0373. The number of ether oxygens (including phenoxy) is 1. The fourth-order valence-corrected chi connectivity index (χ4v) is 3.49. The smallest absolute Gasteiger partial charge is 0.246 e. The molecule has 5 nitrogen and oxygen atoms in total. The maximum atomic E-state index is 12.8. The first kappa shape index (κ1) is 13.9. The molecule has 0 spiro atoms.